The van der Waals surface area contributed by atoms with E-state index in [2.05, 4.69) is 158 Å². The molecule has 7 aromatic carbocycles. The van der Waals surface area contributed by atoms with Gasteiger partial charge in [0.15, 0.2) is 0 Å². The van der Waals surface area contributed by atoms with E-state index in [1.54, 1.807) is 0 Å². The van der Waals surface area contributed by atoms with Crippen LogP contribution in [0.25, 0.3) is 66.6 Å². The summed E-state index contributed by atoms with van der Waals surface area (Å²) in [5.41, 5.74) is 12.8. The van der Waals surface area contributed by atoms with Gasteiger partial charge in [-0.05, 0) is 83.3 Å². The Hall–Kier alpha value is -5.20. The van der Waals surface area contributed by atoms with Gasteiger partial charge in [-0.1, -0.05) is 152 Å². The molecule has 40 heavy (non-hydrogen) atoms. The SMILES string of the molecule is C(=C1c2ccccc2-c2ccccc21)c1c2ccccc2c(-c2ccc(-c3ccccc3)cc2)c2ccccc12. The quantitative estimate of drug-likeness (QED) is 0.209. The highest BCUT2D eigenvalue weighted by molar-refractivity contribution is 6.20. The number of hydrogen-bond acceptors (Lipinski definition) is 0. The predicted molar refractivity (Wildman–Crippen MR) is 171 cm³/mol. The molecule has 0 saturated heterocycles. The average Bonchev–Trinajstić information content (AvgIpc) is 3.35. The Balaban J connectivity index is 1.39. The molecule has 7 aromatic rings. The van der Waals surface area contributed by atoms with E-state index in [9.17, 15) is 0 Å². The summed E-state index contributed by atoms with van der Waals surface area (Å²) < 4.78 is 0. The van der Waals surface area contributed by atoms with Gasteiger partial charge in [-0.25, -0.2) is 0 Å². The fourth-order valence-corrected chi connectivity index (χ4v) is 6.44. The van der Waals surface area contributed by atoms with Gasteiger partial charge in [0.05, 0.1) is 0 Å². The summed E-state index contributed by atoms with van der Waals surface area (Å²) in [4.78, 5) is 0. The molecule has 0 saturated carbocycles. The Kier molecular flexibility index (Phi) is 5.24. The molecular formula is C40H26. The summed E-state index contributed by atoms with van der Waals surface area (Å²) in [6, 6.07) is 55.0. The summed E-state index contributed by atoms with van der Waals surface area (Å²) in [5.74, 6) is 0. The first-order valence-corrected chi connectivity index (χ1v) is 13.9. The molecule has 0 bridgehead atoms. The minimum absolute atomic E-state index is 1.23. The standard InChI is InChI=1S/C40H26/c1-2-12-27(13-3-1)28-22-24-29(25-23-28)40-36-20-10-8-18-34(36)39(35-19-9-11-21-37(35)40)26-38-32-16-6-4-14-30(32)31-15-5-7-17-33(31)38/h1-26H. The summed E-state index contributed by atoms with van der Waals surface area (Å²) in [7, 11) is 0. The smallest absolute Gasteiger partial charge is 0.00264 e. The van der Waals surface area contributed by atoms with Gasteiger partial charge in [0.1, 0.15) is 0 Å². The lowest BCUT2D eigenvalue weighted by atomic mass is 9.86. The van der Waals surface area contributed by atoms with Crippen molar-refractivity contribution in [1.82, 2.24) is 0 Å². The minimum Gasteiger partial charge on any atom is -0.0622 e. The summed E-state index contributed by atoms with van der Waals surface area (Å²) in [5, 5.41) is 5.11. The molecule has 0 aliphatic heterocycles. The van der Waals surface area contributed by atoms with Crippen LogP contribution in [0.4, 0.5) is 0 Å². The molecule has 0 amide bonds. The van der Waals surface area contributed by atoms with E-state index in [1.165, 1.54) is 77.2 Å². The van der Waals surface area contributed by atoms with Gasteiger partial charge in [0.2, 0.25) is 0 Å². The van der Waals surface area contributed by atoms with Crippen LogP contribution < -0.4 is 0 Å². The molecule has 0 fully saturated rings. The molecule has 0 radical (unpaired) electrons. The number of fused-ring (bicyclic) bond motifs is 5. The van der Waals surface area contributed by atoms with E-state index in [0.29, 0.717) is 0 Å². The number of rotatable bonds is 3. The van der Waals surface area contributed by atoms with E-state index in [-0.39, 0.29) is 0 Å². The van der Waals surface area contributed by atoms with Crippen molar-refractivity contribution in [3.63, 3.8) is 0 Å². The van der Waals surface area contributed by atoms with Crippen LogP contribution in [-0.2, 0) is 0 Å². The fraction of sp³-hybridized carbons (Fsp3) is 0. The van der Waals surface area contributed by atoms with E-state index < -0.39 is 0 Å². The van der Waals surface area contributed by atoms with Crippen LogP contribution in [0.1, 0.15) is 16.7 Å². The molecule has 0 N–H and O–H groups in total. The Morgan fingerprint density at radius 1 is 0.300 bits per heavy atom. The Morgan fingerprint density at radius 2 is 0.700 bits per heavy atom. The van der Waals surface area contributed by atoms with Crippen molar-refractivity contribution in [2.45, 2.75) is 0 Å². The van der Waals surface area contributed by atoms with Gasteiger partial charge in [-0.15, -0.1) is 0 Å². The second-order valence-electron chi connectivity index (χ2n) is 10.5. The molecule has 0 heteroatoms. The number of hydrogen-bond donors (Lipinski definition) is 0. The van der Waals surface area contributed by atoms with Crippen LogP contribution in [0.2, 0.25) is 0 Å². The monoisotopic (exact) mass is 506 g/mol. The lowest BCUT2D eigenvalue weighted by Crippen LogP contribution is -1.91. The lowest BCUT2D eigenvalue weighted by Gasteiger charge is -2.17. The van der Waals surface area contributed by atoms with E-state index in [4.69, 9.17) is 0 Å². The first kappa shape index (κ1) is 22.8. The summed E-state index contributed by atoms with van der Waals surface area (Å²) in [6.07, 6.45) is 2.43. The Morgan fingerprint density at radius 3 is 1.25 bits per heavy atom. The van der Waals surface area contributed by atoms with Crippen molar-refractivity contribution < 1.29 is 0 Å². The maximum atomic E-state index is 2.43. The molecule has 0 heterocycles. The van der Waals surface area contributed by atoms with Crippen molar-refractivity contribution in [3.8, 4) is 33.4 Å². The molecular weight excluding hydrogens is 480 g/mol. The van der Waals surface area contributed by atoms with Gasteiger partial charge in [0, 0.05) is 0 Å². The largest absolute Gasteiger partial charge is 0.0622 e. The van der Waals surface area contributed by atoms with Crippen molar-refractivity contribution in [3.05, 3.63) is 168 Å². The highest BCUT2D eigenvalue weighted by Gasteiger charge is 2.23. The fourth-order valence-electron chi connectivity index (χ4n) is 6.44. The lowest BCUT2D eigenvalue weighted by molar-refractivity contribution is 1.61. The van der Waals surface area contributed by atoms with Crippen molar-refractivity contribution in [1.29, 1.82) is 0 Å². The first-order valence-electron chi connectivity index (χ1n) is 13.9. The van der Waals surface area contributed by atoms with Crippen LogP contribution in [0.15, 0.2) is 152 Å². The Bertz CT molecular complexity index is 1970. The molecule has 186 valence electrons. The molecule has 0 unspecified atom stereocenters. The molecule has 0 atom stereocenters. The van der Waals surface area contributed by atoms with Crippen LogP contribution in [0.3, 0.4) is 0 Å². The third-order valence-corrected chi connectivity index (χ3v) is 8.27. The highest BCUT2D eigenvalue weighted by atomic mass is 14.3. The van der Waals surface area contributed by atoms with Crippen molar-refractivity contribution in [2.75, 3.05) is 0 Å². The maximum absolute atomic E-state index is 2.43. The Labute approximate surface area is 234 Å². The minimum atomic E-state index is 1.23. The van der Waals surface area contributed by atoms with Crippen LogP contribution >= 0.6 is 0 Å². The van der Waals surface area contributed by atoms with Crippen LogP contribution in [0.5, 0.6) is 0 Å². The topological polar surface area (TPSA) is 0 Å². The molecule has 1 aliphatic rings. The molecule has 8 rings (SSSR count). The molecule has 1 aliphatic carbocycles. The number of benzene rings is 7. The second kappa shape index (κ2) is 9.22. The van der Waals surface area contributed by atoms with Gasteiger partial charge in [-0.3, -0.25) is 0 Å². The van der Waals surface area contributed by atoms with Crippen LogP contribution in [-0.4, -0.2) is 0 Å². The zero-order valence-electron chi connectivity index (χ0n) is 22.0. The zero-order valence-corrected chi connectivity index (χ0v) is 22.0. The molecule has 0 nitrogen and oxygen atoms in total. The molecule has 0 aromatic heterocycles. The van der Waals surface area contributed by atoms with Gasteiger partial charge in [0.25, 0.3) is 0 Å². The summed E-state index contributed by atoms with van der Waals surface area (Å²) >= 11 is 0. The van der Waals surface area contributed by atoms with E-state index in [1.807, 2.05) is 0 Å². The maximum Gasteiger partial charge on any atom is -0.00264 e. The van der Waals surface area contributed by atoms with E-state index in [0.717, 1.165) is 0 Å². The first-order chi connectivity index (χ1) is 19.9. The third-order valence-electron chi connectivity index (χ3n) is 8.27. The van der Waals surface area contributed by atoms with Gasteiger partial charge in [-0.2, -0.15) is 0 Å². The van der Waals surface area contributed by atoms with E-state index >= 15 is 0 Å². The third kappa shape index (κ3) is 3.54. The molecule has 0 spiro atoms. The average molecular weight is 507 g/mol. The van der Waals surface area contributed by atoms with Crippen LogP contribution in [0, 0.1) is 0 Å². The van der Waals surface area contributed by atoms with Gasteiger partial charge < -0.3 is 0 Å². The van der Waals surface area contributed by atoms with Crippen molar-refractivity contribution >= 4 is 33.2 Å². The highest BCUT2D eigenvalue weighted by Crippen LogP contribution is 2.47. The normalized spacial score (nSPS) is 11.9. The summed E-state index contributed by atoms with van der Waals surface area (Å²) in [6.45, 7) is 0. The predicted octanol–water partition coefficient (Wildman–Crippen LogP) is 10.9. The van der Waals surface area contributed by atoms with Crippen molar-refractivity contribution in [2.24, 2.45) is 0 Å². The van der Waals surface area contributed by atoms with Gasteiger partial charge >= 0.3 is 0 Å². The zero-order chi connectivity index (χ0) is 26.5. The second-order valence-corrected chi connectivity index (χ2v) is 10.5.